The van der Waals surface area contributed by atoms with E-state index in [1.54, 1.807) is 0 Å². The average Bonchev–Trinajstić information content (AvgIpc) is 2.44. The third-order valence-electron chi connectivity index (χ3n) is 4.63. The molecule has 0 spiro atoms. The second kappa shape index (κ2) is 5.28. The first kappa shape index (κ1) is 16.4. The first-order valence-electron chi connectivity index (χ1n) is 8.31. The van der Waals surface area contributed by atoms with Gasteiger partial charge in [0.2, 0.25) is 0 Å². The second-order valence-electron chi connectivity index (χ2n) is 8.61. The lowest BCUT2D eigenvalue weighted by molar-refractivity contribution is 0.0973. The Morgan fingerprint density at radius 3 is 2.13 bits per heavy atom. The van der Waals surface area contributed by atoms with Crippen LogP contribution in [0.2, 0.25) is 0 Å². The van der Waals surface area contributed by atoms with Crippen molar-refractivity contribution >= 4 is 24.6 Å². The maximum Gasteiger partial charge on any atom is 0.182 e. The summed E-state index contributed by atoms with van der Waals surface area (Å²) in [4.78, 5) is 13.0. The van der Waals surface area contributed by atoms with Crippen LogP contribution in [-0.4, -0.2) is 11.1 Å². The molecule has 0 fully saturated rings. The third kappa shape index (κ3) is 2.88. The molecule has 1 nitrogen and oxygen atoms in total. The van der Waals surface area contributed by atoms with Crippen molar-refractivity contribution in [1.82, 2.24) is 0 Å². The van der Waals surface area contributed by atoms with Gasteiger partial charge in [-0.25, -0.2) is 0 Å². The maximum absolute atomic E-state index is 13.0. The summed E-state index contributed by atoms with van der Waals surface area (Å²) in [5.74, 6) is 0.222. The van der Waals surface area contributed by atoms with E-state index in [9.17, 15) is 4.79 Å². The lowest BCUT2D eigenvalue weighted by atomic mass is 9.74. The highest BCUT2D eigenvalue weighted by Gasteiger charge is 2.37. The Morgan fingerprint density at radius 1 is 0.913 bits per heavy atom. The molecular formula is C21H26OP+. The molecule has 0 aromatic heterocycles. The molecule has 1 aliphatic carbocycles. The van der Waals surface area contributed by atoms with Crippen molar-refractivity contribution in [2.24, 2.45) is 5.92 Å². The molecule has 0 N–H and O–H groups in total. The Labute approximate surface area is 141 Å². The van der Waals surface area contributed by atoms with Crippen molar-refractivity contribution in [3.63, 3.8) is 0 Å². The minimum atomic E-state index is -0.0425. The monoisotopic (exact) mass is 325 g/mol. The zero-order chi connectivity index (χ0) is 17.0. The molecule has 2 unspecified atom stereocenters. The smallest absolute Gasteiger partial charge is 0.182 e. The van der Waals surface area contributed by atoms with E-state index in [2.05, 4.69) is 59.8 Å². The Balaban J connectivity index is 2.28. The number of hydrogen-bond donors (Lipinski definition) is 0. The Bertz CT molecular complexity index is 764. The Hall–Kier alpha value is -1.46. The average molecular weight is 325 g/mol. The molecule has 0 saturated carbocycles. The summed E-state index contributed by atoms with van der Waals surface area (Å²) in [5.41, 5.74) is 3.73. The fraction of sp³-hybridized carbons (Fsp3) is 0.429. The minimum Gasteiger partial charge on any atom is -0.293 e. The number of hydrogen-bond acceptors (Lipinski definition) is 1. The van der Waals surface area contributed by atoms with E-state index in [0.717, 1.165) is 5.56 Å². The van der Waals surface area contributed by atoms with Crippen LogP contribution in [-0.2, 0) is 10.8 Å². The molecule has 1 aliphatic heterocycles. The van der Waals surface area contributed by atoms with Gasteiger partial charge in [0.25, 0.3) is 0 Å². The molecule has 120 valence electrons. The highest BCUT2D eigenvalue weighted by atomic mass is 31.1. The maximum atomic E-state index is 13.0. The van der Waals surface area contributed by atoms with Crippen LogP contribution in [0.25, 0.3) is 0 Å². The molecule has 0 amide bonds. The second-order valence-corrected chi connectivity index (χ2v) is 9.98. The van der Waals surface area contributed by atoms with Gasteiger partial charge in [0.1, 0.15) is 19.4 Å². The van der Waals surface area contributed by atoms with Gasteiger partial charge in [-0.05, 0) is 40.2 Å². The van der Waals surface area contributed by atoms with Gasteiger partial charge in [-0.15, -0.1) is 0 Å². The van der Waals surface area contributed by atoms with Gasteiger partial charge in [-0.1, -0.05) is 59.8 Å². The van der Waals surface area contributed by atoms with E-state index in [-0.39, 0.29) is 22.5 Å². The first-order chi connectivity index (χ1) is 10.6. The number of carbonyl (C=O) groups is 1. The zero-order valence-corrected chi connectivity index (χ0v) is 15.9. The van der Waals surface area contributed by atoms with Crippen LogP contribution < -0.4 is 5.30 Å². The molecule has 2 heteroatoms. The SMILES string of the molecule is CC(C)(C)c1cc2c(cc1C(C)(C)C)C(=O)C1C=CC=CC1=[PH+]2. The van der Waals surface area contributed by atoms with Crippen molar-refractivity contribution in [2.75, 3.05) is 0 Å². The van der Waals surface area contributed by atoms with E-state index in [1.165, 1.54) is 21.7 Å². The number of rotatable bonds is 0. The lowest BCUT2D eigenvalue weighted by Crippen LogP contribution is -2.32. The Kier molecular flexibility index (Phi) is 3.76. The van der Waals surface area contributed by atoms with Crippen LogP contribution in [0.5, 0.6) is 0 Å². The highest BCUT2D eigenvalue weighted by Crippen LogP contribution is 2.37. The van der Waals surface area contributed by atoms with Crippen LogP contribution >= 0.6 is 8.20 Å². The normalized spacial score (nSPS) is 20.9. The molecule has 0 bridgehead atoms. The molecule has 1 heterocycles. The summed E-state index contributed by atoms with van der Waals surface area (Å²) < 4.78 is 0. The molecule has 3 rings (SSSR count). The number of fused-ring (bicyclic) bond motifs is 2. The van der Waals surface area contributed by atoms with Crippen molar-refractivity contribution in [3.8, 4) is 0 Å². The Morgan fingerprint density at radius 2 is 1.52 bits per heavy atom. The summed E-state index contributed by atoms with van der Waals surface area (Å²) >= 11 is 0. The first-order valence-corrected chi connectivity index (χ1v) is 9.31. The summed E-state index contributed by atoms with van der Waals surface area (Å²) in [7, 11) is 0.601. The van der Waals surface area contributed by atoms with Crippen molar-refractivity contribution < 1.29 is 4.79 Å². The van der Waals surface area contributed by atoms with Crippen LogP contribution in [0.4, 0.5) is 0 Å². The number of Topliss-reactive ketones (excluding diaryl/α,β-unsaturated/α-hetero) is 1. The lowest BCUT2D eigenvalue weighted by Gasteiger charge is -2.31. The number of ketones is 1. The van der Waals surface area contributed by atoms with Crippen LogP contribution in [0.3, 0.4) is 0 Å². The molecule has 1 aromatic carbocycles. The van der Waals surface area contributed by atoms with Gasteiger partial charge < -0.3 is 0 Å². The van der Waals surface area contributed by atoms with Gasteiger partial charge in [0.15, 0.2) is 11.1 Å². The summed E-state index contributed by atoms with van der Waals surface area (Å²) in [6.45, 7) is 13.5. The molecule has 0 radical (unpaired) electrons. The van der Waals surface area contributed by atoms with Crippen LogP contribution in [0.1, 0.15) is 63.0 Å². The van der Waals surface area contributed by atoms with Gasteiger partial charge in [-0.3, -0.25) is 4.79 Å². The third-order valence-corrected chi connectivity index (χ3v) is 6.08. The summed E-state index contributed by atoms with van der Waals surface area (Å²) in [5, 5.41) is 2.48. The van der Waals surface area contributed by atoms with E-state index in [4.69, 9.17) is 0 Å². The van der Waals surface area contributed by atoms with Gasteiger partial charge >= 0.3 is 0 Å². The van der Waals surface area contributed by atoms with Gasteiger partial charge in [0, 0.05) is 0 Å². The fourth-order valence-corrected chi connectivity index (χ4v) is 4.78. The van der Waals surface area contributed by atoms with Crippen molar-refractivity contribution in [1.29, 1.82) is 0 Å². The number of allylic oxidation sites excluding steroid dienone is 4. The molecule has 23 heavy (non-hydrogen) atoms. The molecular weight excluding hydrogens is 299 g/mol. The van der Waals surface area contributed by atoms with E-state index >= 15 is 0 Å². The molecule has 0 saturated heterocycles. The van der Waals surface area contributed by atoms with Gasteiger partial charge in [-0.2, -0.15) is 0 Å². The van der Waals surface area contributed by atoms with Crippen molar-refractivity contribution in [3.05, 3.63) is 53.1 Å². The summed E-state index contributed by atoms with van der Waals surface area (Å²) in [6.07, 6.45) is 8.21. The molecule has 2 aliphatic rings. The minimum absolute atomic E-state index is 0.0351. The van der Waals surface area contributed by atoms with Gasteiger partial charge in [0.05, 0.1) is 5.56 Å². The highest BCUT2D eigenvalue weighted by molar-refractivity contribution is 7.50. The quantitative estimate of drug-likeness (QED) is 0.632. The molecule has 2 atom stereocenters. The standard InChI is InChI=1S/C21H25OP/c1-20(2,3)15-11-14-18(12-16(15)21(4,5)6)23-17-10-8-7-9-13(17)19(14)22/h7-13H,1-6H3/p+1. The summed E-state index contributed by atoms with van der Waals surface area (Å²) in [6, 6.07) is 4.50. The largest absolute Gasteiger partial charge is 0.293 e. The van der Waals surface area contributed by atoms with E-state index in [0.29, 0.717) is 8.20 Å². The molecule has 1 aromatic rings. The topological polar surface area (TPSA) is 17.1 Å². The number of benzene rings is 1. The predicted octanol–water partition coefficient (Wildman–Crippen LogP) is 4.70. The predicted molar refractivity (Wildman–Crippen MR) is 103 cm³/mol. The van der Waals surface area contributed by atoms with Crippen LogP contribution in [0.15, 0.2) is 36.4 Å². The van der Waals surface area contributed by atoms with Crippen molar-refractivity contribution in [2.45, 2.75) is 52.4 Å². The zero-order valence-electron chi connectivity index (χ0n) is 14.9. The number of carbonyl (C=O) groups excluding carboxylic acids is 1. The fourth-order valence-electron chi connectivity index (χ4n) is 3.36. The van der Waals surface area contributed by atoms with E-state index < -0.39 is 0 Å². The van der Waals surface area contributed by atoms with E-state index in [1.807, 2.05) is 18.2 Å². The van der Waals surface area contributed by atoms with Crippen LogP contribution in [0, 0.1) is 5.92 Å².